The molecule has 6 nitrogen and oxygen atoms in total. The minimum absolute atomic E-state index is 0.0380. The van der Waals surface area contributed by atoms with Crippen LogP contribution in [0.2, 0.25) is 0 Å². The molecule has 1 aromatic carbocycles. The maximum absolute atomic E-state index is 14.0. The molecule has 118 valence electrons. The van der Waals surface area contributed by atoms with Crippen molar-refractivity contribution in [3.05, 3.63) is 17.9 Å². The van der Waals surface area contributed by atoms with Crippen LogP contribution >= 0.6 is 0 Å². The Bertz CT molecular complexity index is 647. The van der Waals surface area contributed by atoms with Crippen molar-refractivity contribution >= 4 is 5.91 Å². The van der Waals surface area contributed by atoms with Gasteiger partial charge in [-0.15, -0.1) is 0 Å². The molecule has 0 aromatic heterocycles. The largest absolute Gasteiger partial charge is 0.481 e. The monoisotopic (exact) mass is 312 g/mol. The summed E-state index contributed by atoms with van der Waals surface area (Å²) in [6, 6.07) is 2.59. The molecule has 4 aliphatic rings. The zero-order chi connectivity index (χ0) is 15.5. The van der Waals surface area contributed by atoms with E-state index in [1.165, 1.54) is 12.1 Å². The average Bonchev–Trinajstić information content (AvgIpc) is 2.76. The molecule has 3 N–H and O–H groups in total. The Balaban J connectivity index is 1.36. The third-order valence-corrected chi connectivity index (χ3v) is 4.29. The summed E-state index contributed by atoms with van der Waals surface area (Å²) in [6.45, 7) is -2.37. The Morgan fingerprint density at radius 2 is 2.14 bits per heavy atom. The van der Waals surface area contributed by atoms with E-state index >= 15 is 0 Å². The van der Waals surface area contributed by atoms with E-state index in [-0.39, 0.29) is 40.8 Å². The van der Waals surface area contributed by atoms with E-state index in [0.29, 0.717) is 0 Å². The Morgan fingerprint density at radius 3 is 2.82 bits per heavy atom. The number of hydrogen-bond acceptors (Lipinski definition) is 5. The summed E-state index contributed by atoms with van der Waals surface area (Å²) in [5.41, 5.74) is 5.59. The van der Waals surface area contributed by atoms with Gasteiger partial charge in [0.25, 0.3) is 5.91 Å². The normalized spacial score (nSPS) is 33.7. The average molecular weight is 312 g/mol. The lowest BCUT2D eigenvalue weighted by Gasteiger charge is -2.68. The summed E-state index contributed by atoms with van der Waals surface area (Å²) >= 11 is 0. The van der Waals surface area contributed by atoms with E-state index < -0.39 is 12.4 Å². The zero-order valence-electron chi connectivity index (χ0n) is 11.5. The van der Waals surface area contributed by atoms with E-state index in [4.69, 9.17) is 10.5 Å². The third kappa shape index (κ3) is 1.98. The van der Waals surface area contributed by atoms with Crippen molar-refractivity contribution in [2.75, 3.05) is 6.61 Å². The van der Waals surface area contributed by atoms with Crippen LogP contribution in [0.25, 0.3) is 0 Å². The predicted octanol–water partition coefficient (Wildman–Crippen LogP) is 0.979. The van der Waals surface area contributed by atoms with Crippen LogP contribution in [0.5, 0.6) is 17.2 Å². The van der Waals surface area contributed by atoms with Crippen molar-refractivity contribution in [2.45, 2.75) is 36.9 Å². The number of rotatable bonds is 4. The van der Waals surface area contributed by atoms with Gasteiger partial charge >= 0.3 is 6.54 Å². The zero-order valence-corrected chi connectivity index (χ0v) is 11.5. The summed E-state index contributed by atoms with van der Waals surface area (Å²) in [7, 11) is 0. The van der Waals surface area contributed by atoms with E-state index in [1.54, 1.807) is 0 Å². The Morgan fingerprint density at radius 1 is 1.41 bits per heavy atom. The maximum atomic E-state index is 14.0. The molecule has 1 aliphatic heterocycles. The van der Waals surface area contributed by atoms with Gasteiger partial charge in [-0.2, -0.15) is 8.78 Å². The van der Waals surface area contributed by atoms with E-state index in [1.807, 2.05) is 0 Å². The molecule has 0 spiro atoms. The Kier molecular flexibility index (Phi) is 2.60. The molecule has 3 aliphatic carbocycles. The fourth-order valence-electron chi connectivity index (χ4n) is 3.53. The lowest BCUT2D eigenvalue weighted by molar-refractivity contribution is -0.137. The lowest BCUT2D eigenvalue weighted by Crippen LogP contribution is -2.82. The van der Waals surface area contributed by atoms with Gasteiger partial charge in [0.15, 0.2) is 18.1 Å². The summed E-state index contributed by atoms with van der Waals surface area (Å²) in [5.74, 6) is -1.82. The molecule has 3 fully saturated rings. The molecule has 1 amide bonds. The van der Waals surface area contributed by atoms with Gasteiger partial charge in [-0.05, 0) is 31.4 Å². The second-order valence-electron chi connectivity index (χ2n) is 6.22. The molecule has 0 saturated heterocycles. The minimum atomic E-state index is -2.03. The quantitative estimate of drug-likeness (QED) is 0.866. The van der Waals surface area contributed by atoms with Crippen LogP contribution in [0.1, 0.15) is 19.3 Å². The van der Waals surface area contributed by atoms with E-state index in [2.05, 4.69) is 14.8 Å². The van der Waals surface area contributed by atoms with Crippen LogP contribution in [-0.2, 0) is 4.79 Å². The first-order valence-electron chi connectivity index (χ1n) is 6.91. The number of nitrogens with two attached hydrogens (primary N) is 1. The van der Waals surface area contributed by atoms with Gasteiger partial charge in [-0.25, -0.2) is 0 Å². The van der Waals surface area contributed by atoms with Crippen molar-refractivity contribution in [3.8, 4) is 17.2 Å². The van der Waals surface area contributed by atoms with E-state index in [0.717, 1.165) is 19.3 Å². The van der Waals surface area contributed by atoms with Crippen molar-refractivity contribution in [3.63, 3.8) is 0 Å². The number of carbonyl (C=O) groups is 1. The highest BCUT2D eigenvalue weighted by molar-refractivity contribution is 5.79. The summed E-state index contributed by atoms with van der Waals surface area (Å²) in [4.78, 5) is 11.8. The number of benzene rings is 1. The van der Waals surface area contributed by atoms with Crippen LogP contribution in [0.15, 0.2) is 12.1 Å². The number of ether oxygens (including phenoxy) is 3. The molecule has 3 saturated carbocycles. The second kappa shape index (κ2) is 4.22. The molecule has 2 bridgehead atoms. The third-order valence-electron chi connectivity index (χ3n) is 4.29. The second-order valence-corrected chi connectivity index (χ2v) is 6.22. The first kappa shape index (κ1) is 13.6. The Labute approximate surface area is 124 Å². The van der Waals surface area contributed by atoms with Gasteiger partial charge in [0, 0.05) is 11.1 Å². The van der Waals surface area contributed by atoms with Gasteiger partial charge in [0.2, 0.25) is 11.6 Å². The van der Waals surface area contributed by atoms with Crippen LogP contribution in [0.4, 0.5) is 8.78 Å². The number of hydrogen-bond donors (Lipinski definition) is 2. The number of halogens is 2. The number of amides is 1. The van der Waals surface area contributed by atoms with Crippen LogP contribution in [-0.4, -0.2) is 30.1 Å². The van der Waals surface area contributed by atoms with Crippen molar-refractivity contribution in [2.24, 2.45) is 5.73 Å². The number of alkyl halides is 1. The van der Waals surface area contributed by atoms with Gasteiger partial charge in [0.05, 0.1) is 0 Å². The smallest absolute Gasteiger partial charge is 0.397 e. The first-order chi connectivity index (χ1) is 10.4. The molecule has 1 heterocycles. The fourth-order valence-corrected chi connectivity index (χ4v) is 3.53. The minimum Gasteiger partial charge on any atom is -0.481 e. The molecular formula is C14H14F2N2O4. The van der Waals surface area contributed by atoms with Gasteiger partial charge in [-0.1, -0.05) is 0 Å². The van der Waals surface area contributed by atoms with Gasteiger partial charge < -0.3 is 25.3 Å². The topological polar surface area (TPSA) is 82.8 Å². The summed E-state index contributed by atoms with van der Waals surface area (Å²) in [5, 5.41) is 2.85. The standard InChI is InChI=1S/C14H14F2N2O4/c15-10-7(1-2-8-11(10)22-12(16)21-8)20-3-9(19)18-14-4-13(17,5-14)6-14/h1-2,12H,3-6,17H2,(H,18,19). The van der Waals surface area contributed by atoms with Crippen LogP contribution < -0.4 is 25.3 Å². The highest BCUT2D eigenvalue weighted by atomic mass is 19.2. The fraction of sp³-hybridized carbons (Fsp3) is 0.500. The van der Waals surface area contributed by atoms with Gasteiger partial charge in [0.1, 0.15) is 0 Å². The number of carbonyl (C=O) groups excluding carboxylic acids is 1. The molecule has 1 atom stereocenters. The molecule has 22 heavy (non-hydrogen) atoms. The van der Waals surface area contributed by atoms with E-state index in [9.17, 15) is 13.6 Å². The van der Waals surface area contributed by atoms with Gasteiger partial charge in [-0.3, -0.25) is 4.79 Å². The number of nitrogens with one attached hydrogen (secondary N) is 1. The van der Waals surface area contributed by atoms with Crippen molar-refractivity contribution in [1.82, 2.24) is 5.32 Å². The molecule has 5 rings (SSSR count). The predicted molar refractivity (Wildman–Crippen MR) is 69.7 cm³/mol. The van der Waals surface area contributed by atoms with Crippen LogP contribution in [0.3, 0.4) is 0 Å². The highest BCUT2D eigenvalue weighted by Gasteiger charge is 2.66. The molecular weight excluding hydrogens is 298 g/mol. The highest BCUT2D eigenvalue weighted by Crippen LogP contribution is 2.58. The number of fused-ring (bicyclic) bond motifs is 1. The molecule has 1 aromatic rings. The molecule has 0 radical (unpaired) electrons. The molecule has 8 heteroatoms. The Hall–Kier alpha value is -2.09. The van der Waals surface area contributed by atoms with Crippen LogP contribution in [0, 0.1) is 5.82 Å². The molecule has 1 unspecified atom stereocenters. The lowest BCUT2D eigenvalue weighted by atomic mass is 9.44. The van der Waals surface area contributed by atoms with Crippen molar-refractivity contribution < 1.29 is 27.8 Å². The first-order valence-corrected chi connectivity index (χ1v) is 6.91. The SMILES string of the molecule is NC12CC(NC(=O)COc3ccc4c(c3F)OC(F)O4)(C1)C2. The summed E-state index contributed by atoms with van der Waals surface area (Å²) in [6.07, 6.45) is 2.30. The maximum Gasteiger partial charge on any atom is 0.397 e. The van der Waals surface area contributed by atoms with Crippen molar-refractivity contribution in [1.29, 1.82) is 0 Å². The summed E-state index contributed by atoms with van der Waals surface area (Å²) < 4.78 is 41.2.